The molecule has 0 amide bonds. The second kappa shape index (κ2) is 8.76. The van der Waals surface area contributed by atoms with Crippen LogP contribution in [-0.2, 0) is 32.2 Å². The molecule has 26 heavy (non-hydrogen) atoms. The normalized spacial score (nSPS) is 22.6. The Morgan fingerprint density at radius 3 is 2.42 bits per heavy atom. The van der Waals surface area contributed by atoms with Crippen LogP contribution in [0, 0.1) is 0 Å². The van der Waals surface area contributed by atoms with Gasteiger partial charge in [-0.25, -0.2) is 14.9 Å². The minimum absolute atomic E-state index is 0.229. The monoisotopic (exact) mass is 354 g/mol. The molecule has 0 aromatic heterocycles. The third kappa shape index (κ3) is 5.02. The highest BCUT2D eigenvalue weighted by Crippen LogP contribution is 2.34. The van der Waals surface area contributed by atoms with Crippen LogP contribution in [0.15, 0.2) is 72.8 Å². The molecule has 3 rings (SSSR count). The van der Waals surface area contributed by atoms with E-state index in [1.807, 2.05) is 60.7 Å². The summed E-state index contributed by atoms with van der Waals surface area (Å²) in [5, 5.41) is 9.34. The van der Waals surface area contributed by atoms with Crippen molar-refractivity contribution in [2.75, 3.05) is 0 Å². The van der Waals surface area contributed by atoms with Gasteiger partial charge in [0.25, 0.3) is 0 Å². The zero-order chi connectivity index (χ0) is 18.2. The van der Waals surface area contributed by atoms with Crippen molar-refractivity contribution in [3.63, 3.8) is 0 Å². The Morgan fingerprint density at radius 2 is 1.77 bits per heavy atom. The van der Waals surface area contributed by atoms with Gasteiger partial charge in [0.15, 0.2) is 0 Å². The molecule has 1 N–H and O–H groups in total. The SMILES string of the molecule is O=C(/C=C/C1CCC(Cc2ccccc2)(OO)O1)OCc1ccccc1. The van der Waals surface area contributed by atoms with Gasteiger partial charge in [-0.1, -0.05) is 60.7 Å². The highest BCUT2D eigenvalue weighted by atomic mass is 17.1. The highest BCUT2D eigenvalue weighted by Gasteiger charge is 2.41. The van der Waals surface area contributed by atoms with Crippen LogP contribution < -0.4 is 0 Å². The molecule has 2 atom stereocenters. The summed E-state index contributed by atoms with van der Waals surface area (Å²) in [6.07, 6.45) is 4.33. The van der Waals surface area contributed by atoms with Crippen molar-refractivity contribution in [3.8, 4) is 0 Å². The van der Waals surface area contributed by atoms with E-state index in [1.54, 1.807) is 6.08 Å². The lowest BCUT2D eigenvalue weighted by molar-refractivity contribution is -0.395. The lowest BCUT2D eigenvalue weighted by Crippen LogP contribution is -2.34. The minimum atomic E-state index is -1.08. The number of benzene rings is 2. The predicted molar refractivity (Wildman–Crippen MR) is 96.1 cm³/mol. The van der Waals surface area contributed by atoms with Crippen molar-refractivity contribution in [3.05, 3.63) is 83.9 Å². The molecule has 2 aromatic carbocycles. The number of carbonyl (C=O) groups is 1. The van der Waals surface area contributed by atoms with Crippen molar-refractivity contribution >= 4 is 5.97 Å². The Balaban J connectivity index is 1.51. The highest BCUT2D eigenvalue weighted by molar-refractivity contribution is 5.82. The van der Waals surface area contributed by atoms with Gasteiger partial charge in [-0.15, -0.1) is 0 Å². The standard InChI is InChI=1S/C21H22O5/c22-20(24-16-18-9-5-2-6-10-18)12-11-19-13-14-21(25-19,26-23)15-17-7-3-1-4-8-17/h1-12,19,23H,13-16H2/b12-11+. The van der Waals surface area contributed by atoms with E-state index < -0.39 is 11.8 Å². The summed E-state index contributed by atoms with van der Waals surface area (Å²) in [5.74, 6) is -1.51. The summed E-state index contributed by atoms with van der Waals surface area (Å²) < 4.78 is 11.0. The van der Waals surface area contributed by atoms with Crippen LogP contribution in [0.3, 0.4) is 0 Å². The first-order valence-corrected chi connectivity index (χ1v) is 8.62. The van der Waals surface area contributed by atoms with E-state index in [-0.39, 0.29) is 12.7 Å². The number of hydrogen-bond donors (Lipinski definition) is 1. The number of ether oxygens (including phenoxy) is 2. The van der Waals surface area contributed by atoms with E-state index in [0.29, 0.717) is 19.3 Å². The maximum atomic E-state index is 11.8. The van der Waals surface area contributed by atoms with Gasteiger partial charge in [0, 0.05) is 18.9 Å². The number of carbonyl (C=O) groups excluding carboxylic acids is 1. The lowest BCUT2D eigenvalue weighted by atomic mass is 10.0. The first-order valence-electron chi connectivity index (χ1n) is 8.62. The summed E-state index contributed by atoms with van der Waals surface area (Å²) in [7, 11) is 0. The van der Waals surface area contributed by atoms with Gasteiger partial charge in [-0.05, 0) is 23.6 Å². The molecule has 0 radical (unpaired) electrons. The number of rotatable bonds is 7. The van der Waals surface area contributed by atoms with Crippen molar-refractivity contribution in [2.24, 2.45) is 0 Å². The fourth-order valence-corrected chi connectivity index (χ4v) is 2.99. The largest absolute Gasteiger partial charge is 0.458 e. The summed E-state index contributed by atoms with van der Waals surface area (Å²) in [4.78, 5) is 16.5. The molecular weight excluding hydrogens is 332 g/mol. The van der Waals surface area contributed by atoms with E-state index in [9.17, 15) is 10.1 Å². The third-order valence-electron chi connectivity index (χ3n) is 4.33. The van der Waals surface area contributed by atoms with E-state index in [0.717, 1.165) is 11.1 Å². The third-order valence-corrected chi connectivity index (χ3v) is 4.33. The summed E-state index contributed by atoms with van der Waals surface area (Å²) in [6.45, 7) is 0.229. The molecule has 1 heterocycles. The quantitative estimate of drug-likeness (QED) is 0.354. The second-order valence-electron chi connectivity index (χ2n) is 6.31. The molecular formula is C21H22O5. The molecule has 1 fully saturated rings. The van der Waals surface area contributed by atoms with Crippen LogP contribution in [0.5, 0.6) is 0 Å². The molecule has 136 valence electrons. The minimum Gasteiger partial charge on any atom is -0.458 e. The maximum Gasteiger partial charge on any atom is 0.330 e. The Morgan fingerprint density at radius 1 is 1.12 bits per heavy atom. The molecule has 2 aromatic rings. The molecule has 0 saturated carbocycles. The van der Waals surface area contributed by atoms with E-state index in [1.165, 1.54) is 6.08 Å². The fourth-order valence-electron chi connectivity index (χ4n) is 2.99. The smallest absolute Gasteiger partial charge is 0.330 e. The molecule has 2 unspecified atom stereocenters. The first-order chi connectivity index (χ1) is 12.7. The van der Waals surface area contributed by atoms with Crippen molar-refractivity contribution < 1.29 is 24.4 Å². The molecule has 1 aliphatic heterocycles. The van der Waals surface area contributed by atoms with Crippen LogP contribution in [0.1, 0.15) is 24.0 Å². The maximum absolute atomic E-state index is 11.8. The van der Waals surface area contributed by atoms with Gasteiger partial charge in [-0.3, -0.25) is 0 Å². The zero-order valence-corrected chi connectivity index (χ0v) is 14.4. The Hall–Kier alpha value is -2.47. The molecule has 1 aliphatic rings. The molecule has 1 saturated heterocycles. The average molecular weight is 354 g/mol. The predicted octanol–water partition coefficient (Wildman–Crippen LogP) is 3.89. The Kier molecular flexibility index (Phi) is 6.17. The van der Waals surface area contributed by atoms with Gasteiger partial charge in [0.05, 0.1) is 6.10 Å². The molecule has 0 bridgehead atoms. The molecule has 5 nitrogen and oxygen atoms in total. The van der Waals surface area contributed by atoms with Gasteiger partial charge >= 0.3 is 5.97 Å². The first kappa shape index (κ1) is 18.3. The number of esters is 1. The van der Waals surface area contributed by atoms with E-state index >= 15 is 0 Å². The van der Waals surface area contributed by atoms with Crippen LogP contribution in [0.25, 0.3) is 0 Å². The van der Waals surface area contributed by atoms with Crippen molar-refractivity contribution in [1.82, 2.24) is 0 Å². The Bertz CT molecular complexity index is 729. The fraction of sp³-hybridized carbons (Fsp3) is 0.286. The molecule has 5 heteroatoms. The summed E-state index contributed by atoms with van der Waals surface area (Å²) in [6, 6.07) is 19.2. The lowest BCUT2D eigenvalue weighted by Gasteiger charge is -2.25. The van der Waals surface area contributed by atoms with Gasteiger partial charge in [-0.2, -0.15) is 0 Å². The van der Waals surface area contributed by atoms with Crippen molar-refractivity contribution in [1.29, 1.82) is 0 Å². The van der Waals surface area contributed by atoms with Crippen LogP contribution in [0.4, 0.5) is 0 Å². The van der Waals surface area contributed by atoms with Gasteiger partial charge < -0.3 is 9.47 Å². The van der Waals surface area contributed by atoms with E-state index in [4.69, 9.17) is 9.47 Å². The van der Waals surface area contributed by atoms with Crippen molar-refractivity contribution in [2.45, 2.75) is 37.8 Å². The van der Waals surface area contributed by atoms with Crippen LogP contribution >= 0.6 is 0 Å². The van der Waals surface area contributed by atoms with Gasteiger partial charge in [0.2, 0.25) is 5.79 Å². The second-order valence-corrected chi connectivity index (χ2v) is 6.31. The summed E-state index contributed by atoms with van der Waals surface area (Å²) >= 11 is 0. The zero-order valence-electron chi connectivity index (χ0n) is 14.4. The molecule has 0 aliphatic carbocycles. The summed E-state index contributed by atoms with van der Waals surface area (Å²) in [5.41, 5.74) is 1.94. The topological polar surface area (TPSA) is 65.0 Å². The Labute approximate surface area is 152 Å². The number of hydrogen-bond acceptors (Lipinski definition) is 5. The van der Waals surface area contributed by atoms with Crippen LogP contribution in [-0.4, -0.2) is 23.1 Å². The van der Waals surface area contributed by atoms with Gasteiger partial charge in [0.1, 0.15) is 6.61 Å². The molecule has 0 spiro atoms. The van der Waals surface area contributed by atoms with Crippen LogP contribution in [0.2, 0.25) is 0 Å². The van der Waals surface area contributed by atoms with E-state index in [2.05, 4.69) is 4.89 Å². The average Bonchev–Trinajstić information content (AvgIpc) is 3.10.